The van der Waals surface area contributed by atoms with E-state index in [9.17, 15) is 9.18 Å². The summed E-state index contributed by atoms with van der Waals surface area (Å²) in [4.78, 5) is 16.9. The van der Waals surface area contributed by atoms with Gasteiger partial charge in [-0.1, -0.05) is 29.8 Å². The molecule has 4 nitrogen and oxygen atoms in total. The first kappa shape index (κ1) is 20.8. The van der Waals surface area contributed by atoms with Crippen molar-refractivity contribution in [2.24, 2.45) is 5.92 Å². The molecule has 2 aliphatic rings. The summed E-state index contributed by atoms with van der Waals surface area (Å²) in [5, 5.41) is 4.07. The van der Waals surface area contributed by atoms with Gasteiger partial charge in [-0.15, -0.1) is 11.3 Å². The number of hydrogen-bond donors (Lipinski definition) is 1. The zero-order valence-corrected chi connectivity index (χ0v) is 20.0. The number of hydrogen-bond acceptors (Lipinski definition) is 2. The highest BCUT2D eigenvalue weighted by Crippen LogP contribution is 2.44. The van der Waals surface area contributed by atoms with Crippen LogP contribution in [0, 0.1) is 11.7 Å². The summed E-state index contributed by atoms with van der Waals surface area (Å²) in [7, 11) is 0. The number of carbonyl (C=O) groups is 1. The average molecular weight is 502 g/mol. The van der Waals surface area contributed by atoms with Gasteiger partial charge >= 0.3 is 6.03 Å². The number of aryl methyl sites for hydroxylation is 1. The number of nitrogens with zero attached hydrogens (tertiary/aromatic N) is 2. The van der Waals surface area contributed by atoms with Crippen LogP contribution in [0.3, 0.4) is 0 Å². The molecule has 1 aromatic carbocycles. The second kappa shape index (κ2) is 8.10. The zero-order chi connectivity index (χ0) is 21.7. The van der Waals surface area contributed by atoms with Crippen LogP contribution in [0.1, 0.15) is 54.4 Å². The fraction of sp³-hybridized carbons (Fsp3) is 0.375. The minimum atomic E-state index is -0.448. The van der Waals surface area contributed by atoms with E-state index in [-0.39, 0.29) is 23.7 Å². The molecule has 0 saturated carbocycles. The van der Waals surface area contributed by atoms with Gasteiger partial charge in [-0.05, 0) is 67.5 Å². The molecule has 1 aliphatic carbocycles. The number of amides is 2. The van der Waals surface area contributed by atoms with Crippen LogP contribution in [-0.2, 0) is 19.4 Å². The largest absolute Gasteiger partial charge is 0.322 e. The molecule has 1 atom stereocenters. The van der Waals surface area contributed by atoms with Crippen molar-refractivity contribution in [3.05, 3.63) is 68.5 Å². The van der Waals surface area contributed by atoms with Gasteiger partial charge in [0.2, 0.25) is 0 Å². The Balaban J connectivity index is 1.59. The third-order valence-electron chi connectivity index (χ3n) is 6.29. The molecule has 0 saturated heterocycles. The Bertz CT molecular complexity index is 1150. The topological polar surface area (TPSA) is 37.3 Å². The van der Waals surface area contributed by atoms with Gasteiger partial charge in [0.15, 0.2) is 0 Å². The lowest BCUT2D eigenvalue weighted by molar-refractivity contribution is 0.161. The van der Waals surface area contributed by atoms with Crippen molar-refractivity contribution in [3.8, 4) is 5.00 Å². The molecule has 0 bridgehead atoms. The summed E-state index contributed by atoms with van der Waals surface area (Å²) in [5.41, 5.74) is 3.98. The standard InChI is InChI=1S/C24H25BrFN3OS/c1-14(2)22-20-7-5-11-28(20)23-17(16-6-3-4-8-21(16)31-23)13-29(22)24(30)27-19-10-9-15(25)12-18(19)26/h5,7,9-12,14,22H,3-4,6,8,13H2,1-2H3,(H,27,30). The van der Waals surface area contributed by atoms with Crippen LogP contribution < -0.4 is 5.32 Å². The van der Waals surface area contributed by atoms with Crippen LogP contribution in [0.4, 0.5) is 14.9 Å². The molecule has 162 valence electrons. The minimum Gasteiger partial charge on any atom is -0.311 e. The van der Waals surface area contributed by atoms with Gasteiger partial charge in [0.1, 0.15) is 10.8 Å². The normalized spacial score (nSPS) is 17.7. The highest BCUT2D eigenvalue weighted by molar-refractivity contribution is 9.10. The molecule has 1 unspecified atom stereocenters. The van der Waals surface area contributed by atoms with Crippen molar-refractivity contribution in [2.45, 2.75) is 52.1 Å². The van der Waals surface area contributed by atoms with E-state index >= 15 is 0 Å². The van der Waals surface area contributed by atoms with Crippen molar-refractivity contribution in [1.29, 1.82) is 0 Å². The molecule has 0 spiro atoms. The van der Waals surface area contributed by atoms with Gasteiger partial charge in [0, 0.05) is 26.8 Å². The van der Waals surface area contributed by atoms with E-state index in [2.05, 4.69) is 58.0 Å². The van der Waals surface area contributed by atoms with E-state index in [0.717, 1.165) is 18.5 Å². The Morgan fingerprint density at radius 3 is 2.81 bits per heavy atom. The molecule has 1 N–H and O–H groups in total. The molecule has 1 aliphatic heterocycles. The molecule has 7 heteroatoms. The maximum Gasteiger partial charge on any atom is 0.322 e. The number of anilines is 1. The highest BCUT2D eigenvalue weighted by atomic mass is 79.9. The first-order chi connectivity index (χ1) is 14.9. The quantitative estimate of drug-likeness (QED) is 0.400. The number of urea groups is 1. The summed E-state index contributed by atoms with van der Waals surface area (Å²) in [6, 6.07) is 8.50. The van der Waals surface area contributed by atoms with Crippen LogP contribution in [0.5, 0.6) is 0 Å². The second-order valence-corrected chi connectivity index (χ2v) is 10.7. The maximum absolute atomic E-state index is 14.5. The lowest BCUT2D eigenvalue weighted by Crippen LogP contribution is -2.39. The van der Waals surface area contributed by atoms with E-state index in [1.54, 1.807) is 12.1 Å². The molecule has 3 aromatic rings. The van der Waals surface area contributed by atoms with Gasteiger partial charge in [-0.2, -0.15) is 0 Å². The zero-order valence-electron chi connectivity index (χ0n) is 17.6. The van der Waals surface area contributed by atoms with Crippen molar-refractivity contribution >= 4 is 39.0 Å². The number of rotatable bonds is 2. The molecule has 3 heterocycles. The molecule has 0 fully saturated rings. The van der Waals surface area contributed by atoms with Crippen molar-refractivity contribution in [1.82, 2.24) is 9.47 Å². The minimum absolute atomic E-state index is 0.104. The molecule has 5 rings (SSSR count). The van der Waals surface area contributed by atoms with Crippen LogP contribution in [0.15, 0.2) is 41.0 Å². The lowest BCUT2D eigenvalue weighted by atomic mass is 9.94. The van der Waals surface area contributed by atoms with E-state index in [0.29, 0.717) is 11.0 Å². The number of benzene rings is 1. The van der Waals surface area contributed by atoms with E-state index < -0.39 is 5.82 Å². The van der Waals surface area contributed by atoms with Crippen molar-refractivity contribution < 1.29 is 9.18 Å². The first-order valence-corrected chi connectivity index (χ1v) is 12.4. The summed E-state index contributed by atoms with van der Waals surface area (Å²) in [6.45, 7) is 4.81. The third kappa shape index (κ3) is 3.61. The Morgan fingerprint density at radius 2 is 2.03 bits per heavy atom. The van der Waals surface area contributed by atoms with Crippen LogP contribution in [0.2, 0.25) is 0 Å². The first-order valence-electron chi connectivity index (χ1n) is 10.8. The highest BCUT2D eigenvalue weighted by Gasteiger charge is 2.36. The van der Waals surface area contributed by atoms with Crippen LogP contribution in [0.25, 0.3) is 5.00 Å². The Hall–Kier alpha value is -2.12. The summed E-state index contributed by atoms with van der Waals surface area (Å²) < 4.78 is 17.4. The molecular formula is C24H25BrFN3OS. The number of aromatic nitrogens is 1. The molecule has 2 amide bonds. The molecular weight excluding hydrogens is 477 g/mol. The van der Waals surface area contributed by atoms with Gasteiger partial charge < -0.3 is 14.8 Å². The average Bonchev–Trinajstić information content (AvgIpc) is 3.31. The maximum atomic E-state index is 14.5. The van der Waals surface area contributed by atoms with Crippen LogP contribution in [-0.4, -0.2) is 15.5 Å². The van der Waals surface area contributed by atoms with Crippen LogP contribution >= 0.6 is 27.3 Å². The number of fused-ring (bicyclic) bond motifs is 5. The third-order valence-corrected chi connectivity index (χ3v) is 8.12. The predicted molar refractivity (Wildman–Crippen MR) is 127 cm³/mol. The molecule has 0 radical (unpaired) electrons. The monoisotopic (exact) mass is 501 g/mol. The predicted octanol–water partition coefficient (Wildman–Crippen LogP) is 7.06. The van der Waals surface area contributed by atoms with Gasteiger partial charge in [0.25, 0.3) is 0 Å². The number of nitrogens with one attached hydrogen (secondary N) is 1. The van der Waals surface area contributed by atoms with Gasteiger partial charge in [-0.25, -0.2) is 9.18 Å². The summed E-state index contributed by atoms with van der Waals surface area (Å²) in [5.74, 6) is -0.241. The number of halogens is 2. The number of carbonyl (C=O) groups excluding carboxylic acids is 1. The van der Waals surface area contributed by atoms with E-state index in [1.165, 1.54) is 39.9 Å². The fourth-order valence-electron chi connectivity index (χ4n) is 4.90. The molecule has 2 aromatic heterocycles. The molecule has 31 heavy (non-hydrogen) atoms. The Morgan fingerprint density at radius 1 is 1.23 bits per heavy atom. The lowest BCUT2D eigenvalue weighted by Gasteiger charge is -2.33. The van der Waals surface area contributed by atoms with E-state index in [1.807, 2.05) is 16.2 Å². The van der Waals surface area contributed by atoms with Gasteiger partial charge in [-0.3, -0.25) is 0 Å². The number of thiophene rings is 1. The van der Waals surface area contributed by atoms with E-state index in [4.69, 9.17) is 0 Å². The van der Waals surface area contributed by atoms with Gasteiger partial charge in [0.05, 0.1) is 18.3 Å². The summed E-state index contributed by atoms with van der Waals surface area (Å²) >= 11 is 5.15. The SMILES string of the molecule is CC(C)C1c2cccn2-c2sc3c(c2CN1C(=O)Nc1ccc(Br)cc1F)CCCC3. The second-order valence-electron chi connectivity index (χ2n) is 8.67. The van der Waals surface area contributed by atoms with Crippen molar-refractivity contribution in [3.63, 3.8) is 0 Å². The Kier molecular flexibility index (Phi) is 5.42. The summed E-state index contributed by atoms with van der Waals surface area (Å²) in [6.07, 6.45) is 6.72. The Labute approximate surface area is 194 Å². The van der Waals surface area contributed by atoms with Crippen molar-refractivity contribution in [2.75, 3.05) is 5.32 Å². The fourth-order valence-corrected chi connectivity index (χ4v) is 6.64. The smallest absolute Gasteiger partial charge is 0.311 e.